The maximum Gasteiger partial charge on any atom is 0.151 e. The van der Waals surface area contributed by atoms with Crippen molar-refractivity contribution in [1.29, 1.82) is 0 Å². The predicted molar refractivity (Wildman–Crippen MR) is 54.6 cm³/mol. The second kappa shape index (κ2) is 4.96. The molecule has 0 aliphatic carbocycles. The summed E-state index contributed by atoms with van der Waals surface area (Å²) < 4.78 is 22.5. The van der Waals surface area contributed by atoms with Crippen molar-refractivity contribution in [3.63, 3.8) is 0 Å². The Morgan fingerprint density at radius 1 is 1.46 bits per heavy atom. The van der Waals surface area contributed by atoms with Gasteiger partial charge in [-0.25, -0.2) is 8.42 Å². The number of unbranched alkanes of at least 4 members (excludes halogenated alkanes) is 1. The van der Waals surface area contributed by atoms with Gasteiger partial charge in [-0.3, -0.25) is 0 Å². The Morgan fingerprint density at radius 2 is 2.23 bits per heavy atom. The summed E-state index contributed by atoms with van der Waals surface area (Å²) in [6.07, 6.45) is 4.14. The quantitative estimate of drug-likeness (QED) is 0.695. The van der Waals surface area contributed by atoms with Gasteiger partial charge in [0.15, 0.2) is 9.84 Å². The average molecular weight is 205 g/mol. The van der Waals surface area contributed by atoms with Crippen LogP contribution in [0.3, 0.4) is 0 Å². The lowest BCUT2D eigenvalue weighted by molar-refractivity contribution is 0.475. The van der Waals surface area contributed by atoms with Crippen LogP contribution in [0.2, 0.25) is 0 Å². The first-order chi connectivity index (χ1) is 6.14. The predicted octanol–water partition coefficient (Wildman–Crippen LogP) is 0.953. The highest BCUT2D eigenvalue weighted by Gasteiger charge is 2.23. The number of hydrogen-bond donors (Lipinski definition) is 1. The summed E-state index contributed by atoms with van der Waals surface area (Å²) in [4.78, 5) is 0. The van der Waals surface area contributed by atoms with Gasteiger partial charge in [-0.2, -0.15) is 0 Å². The van der Waals surface area contributed by atoms with Crippen LogP contribution in [-0.2, 0) is 9.84 Å². The molecule has 1 heterocycles. The topological polar surface area (TPSA) is 46.2 Å². The molecule has 0 aromatic heterocycles. The zero-order chi connectivity index (χ0) is 9.73. The van der Waals surface area contributed by atoms with Crippen molar-refractivity contribution >= 4 is 9.84 Å². The van der Waals surface area contributed by atoms with Crippen LogP contribution in [0.15, 0.2) is 0 Å². The Kier molecular flexibility index (Phi) is 4.19. The van der Waals surface area contributed by atoms with Gasteiger partial charge in [0.1, 0.15) is 0 Å². The summed E-state index contributed by atoms with van der Waals surface area (Å²) in [6.45, 7) is 3.09. The molecule has 13 heavy (non-hydrogen) atoms. The van der Waals surface area contributed by atoms with E-state index in [-0.39, 0.29) is 6.04 Å². The van der Waals surface area contributed by atoms with Crippen molar-refractivity contribution in [2.45, 2.75) is 38.6 Å². The number of sulfone groups is 1. The molecule has 4 heteroatoms. The van der Waals surface area contributed by atoms with Crippen molar-refractivity contribution in [2.75, 3.05) is 18.1 Å². The summed E-state index contributed by atoms with van der Waals surface area (Å²) >= 11 is 0. The lowest BCUT2D eigenvalue weighted by atomic mass is 10.2. The largest absolute Gasteiger partial charge is 0.313 e. The fourth-order valence-corrected chi connectivity index (χ4v) is 3.34. The zero-order valence-corrected chi connectivity index (χ0v) is 9.07. The molecular weight excluding hydrogens is 186 g/mol. The third-order valence-electron chi connectivity index (χ3n) is 2.43. The minimum absolute atomic E-state index is 0.213. The molecule has 0 bridgehead atoms. The van der Waals surface area contributed by atoms with Gasteiger partial charge in [-0.1, -0.05) is 13.3 Å². The van der Waals surface area contributed by atoms with Crippen LogP contribution in [0.1, 0.15) is 32.6 Å². The van der Waals surface area contributed by atoms with Gasteiger partial charge in [0.2, 0.25) is 0 Å². The number of nitrogens with one attached hydrogen (secondary N) is 1. The van der Waals surface area contributed by atoms with Crippen LogP contribution in [0.4, 0.5) is 0 Å². The van der Waals surface area contributed by atoms with E-state index in [0.717, 1.165) is 32.2 Å². The standard InChI is InChI=1S/C9H19NO2S/c1-2-3-6-10-9-5-4-7-13(11,12)8-9/h9-10H,2-8H2,1H3. The molecule has 1 rings (SSSR count). The second-order valence-electron chi connectivity index (χ2n) is 3.76. The number of rotatable bonds is 4. The molecule has 1 N–H and O–H groups in total. The summed E-state index contributed by atoms with van der Waals surface area (Å²) in [5.41, 5.74) is 0. The van der Waals surface area contributed by atoms with E-state index in [1.165, 1.54) is 0 Å². The van der Waals surface area contributed by atoms with Crippen molar-refractivity contribution in [1.82, 2.24) is 5.32 Å². The van der Waals surface area contributed by atoms with Crippen molar-refractivity contribution in [2.24, 2.45) is 0 Å². The van der Waals surface area contributed by atoms with Crippen LogP contribution in [0, 0.1) is 0 Å². The van der Waals surface area contributed by atoms with E-state index in [4.69, 9.17) is 0 Å². The minimum Gasteiger partial charge on any atom is -0.313 e. The fourth-order valence-electron chi connectivity index (χ4n) is 1.67. The summed E-state index contributed by atoms with van der Waals surface area (Å²) in [5.74, 6) is 0.732. The molecule has 3 nitrogen and oxygen atoms in total. The van der Waals surface area contributed by atoms with E-state index in [1.54, 1.807) is 0 Å². The lowest BCUT2D eigenvalue weighted by Crippen LogP contribution is -2.40. The van der Waals surface area contributed by atoms with E-state index in [0.29, 0.717) is 11.5 Å². The van der Waals surface area contributed by atoms with E-state index in [1.807, 2.05) is 0 Å². The van der Waals surface area contributed by atoms with E-state index in [2.05, 4.69) is 12.2 Å². The maximum absolute atomic E-state index is 11.3. The van der Waals surface area contributed by atoms with Gasteiger partial charge in [-0.05, 0) is 25.8 Å². The van der Waals surface area contributed by atoms with Crippen molar-refractivity contribution in [3.05, 3.63) is 0 Å². The van der Waals surface area contributed by atoms with Gasteiger partial charge >= 0.3 is 0 Å². The normalized spacial score (nSPS) is 27.3. The molecule has 0 aromatic rings. The fraction of sp³-hybridized carbons (Fsp3) is 1.00. The minimum atomic E-state index is -2.73. The SMILES string of the molecule is CCCCNC1CCCS(=O)(=O)C1. The van der Waals surface area contributed by atoms with Crippen LogP contribution in [0.5, 0.6) is 0 Å². The summed E-state index contributed by atoms with van der Waals surface area (Å²) in [5, 5.41) is 3.30. The Morgan fingerprint density at radius 3 is 2.85 bits per heavy atom. The van der Waals surface area contributed by atoms with Gasteiger partial charge < -0.3 is 5.32 Å². The second-order valence-corrected chi connectivity index (χ2v) is 5.99. The highest BCUT2D eigenvalue weighted by atomic mass is 32.2. The molecule has 0 aromatic carbocycles. The molecule has 0 amide bonds. The van der Waals surface area contributed by atoms with Crippen LogP contribution >= 0.6 is 0 Å². The van der Waals surface area contributed by atoms with E-state index in [9.17, 15) is 8.42 Å². The van der Waals surface area contributed by atoms with Crippen LogP contribution in [0.25, 0.3) is 0 Å². The molecule has 1 saturated heterocycles. The zero-order valence-electron chi connectivity index (χ0n) is 8.25. The maximum atomic E-state index is 11.3. The lowest BCUT2D eigenvalue weighted by Gasteiger charge is -2.22. The average Bonchev–Trinajstić information content (AvgIpc) is 2.03. The highest BCUT2D eigenvalue weighted by molar-refractivity contribution is 7.91. The molecule has 1 aliphatic heterocycles. The Labute approximate surface area is 80.8 Å². The van der Waals surface area contributed by atoms with Gasteiger partial charge in [0.25, 0.3) is 0 Å². The molecule has 0 saturated carbocycles. The third kappa shape index (κ3) is 4.09. The van der Waals surface area contributed by atoms with Crippen molar-refractivity contribution in [3.8, 4) is 0 Å². The molecule has 1 unspecified atom stereocenters. The smallest absolute Gasteiger partial charge is 0.151 e. The molecule has 1 fully saturated rings. The molecular formula is C9H19NO2S. The van der Waals surface area contributed by atoms with Gasteiger partial charge in [0.05, 0.1) is 11.5 Å². The van der Waals surface area contributed by atoms with E-state index < -0.39 is 9.84 Å². The third-order valence-corrected chi connectivity index (χ3v) is 4.25. The first kappa shape index (κ1) is 11.0. The molecule has 78 valence electrons. The van der Waals surface area contributed by atoms with Gasteiger partial charge in [0, 0.05) is 6.04 Å². The Hall–Kier alpha value is -0.0900. The Bertz CT molecular complexity index is 236. The highest BCUT2D eigenvalue weighted by Crippen LogP contribution is 2.11. The first-order valence-electron chi connectivity index (χ1n) is 5.08. The molecule has 1 atom stereocenters. The molecule has 0 radical (unpaired) electrons. The first-order valence-corrected chi connectivity index (χ1v) is 6.90. The Balaban J connectivity index is 2.27. The van der Waals surface area contributed by atoms with E-state index >= 15 is 0 Å². The van der Waals surface area contributed by atoms with Crippen molar-refractivity contribution < 1.29 is 8.42 Å². The summed E-state index contributed by atoms with van der Waals surface area (Å²) in [7, 11) is -2.73. The molecule has 0 spiro atoms. The van der Waals surface area contributed by atoms with Crippen LogP contribution < -0.4 is 5.32 Å². The molecule has 1 aliphatic rings. The van der Waals surface area contributed by atoms with Crippen LogP contribution in [-0.4, -0.2) is 32.5 Å². The number of hydrogen-bond acceptors (Lipinski definition) is 3. The summed E-state index contributed by atoms with van der Waals surface area (Å²) in [6, 6.07) is 0.213. The van der Waals surface area contributed by atoms with Gasteiger partial charge in [-0.15, -0.1) is 0 Å². The monoisotopic (exact) mass is 205 g/mol.